The van der Waals surface area contributed by atoms with Crippen molar-refractivity contribution in [2.75, 3.05) is 0 Å². The highest BCUT2D eigenvalue weighted by Crippen LogP contribution is 2.64. The minimum absolute atomic E-state index is 0.00775. The molecule has 3 saturated carbocycles. The molecule has 0 heterocycles. The number of aliphatic hydroxyl groups is 1. The lowest BCUT2D eigenvalue weighted by atomic mass is 9.45. The van der Waals surface area contributed by atoms with Gasteiger partial charge in [0.1, 0.15) is 0 Å². The highest BCUT2D eigenvalue weighted by Gasteiger charge is 2.56. The molecule has 0 spiro atoms. The second-order valence-electron chi connectivity index (χ2n) is 8.77. The van der Waals surface area contributed by atoms with Gasteiger partial charge in [0.25, 0.3) is 0 Å². The Morgan fingerprint density at radius 3 is 2.70 bits per heavy atom. The third-order valence-electron chi connectivity index (χ3n) is 7.96. The Labute approximate surface area is 123 Å². The van der Waals surface area contributed by atoms with E-state index < -0.39 is 0 Å². The van der Waals surface area contributed by atoms with Gasteiger partial charge in [-0.2, -0.15) is 0 Å². The van der Waals surface area contributed by atoms with E-state index in [0.29, 0.717) is 10.8 Å². The average Bonchev–Trinajstić information content (AvgIpc) is 2.81. The molecular weight excluding hydrogens is 244 g/mol. The van der Waals surface area contributed by atoms with Crippen molar-refractivity contribution in [2.45, 2.75) is 71.3 Å². The zero-order valence-corrected chi connectivity index (χ0v) is 13.1. The molecule has 1 heteroatoms. The molecule has 0 aromatic heterocycles. The van der Waals surface area contributed by atoms with Gasteiger partial charge in [0.2, 0.25) is 0 Å². The van der Waals surface area contributed by atoms with Crippen LogP contribution in [-0.2, 0) is 0 Å². The standard InChI is InChI=1S/C19H30O/c1-18-9-3-4-16(18)15-6-5-13-12-14(20)7-11-19(13,2)17(15)8-10-18/h3,9,13-17,20H,4-8,10-12H2,1-2H3/t13-,14+,15-,16-,17+,18+,19-/m0/s1. The van der Waals surface area contributed by atoms with Crippen molar-refractivity contribution in [1.82, 2.24) is 0 Å². The quantitative estimate of drug-likeness (QED) is 0.642. The van der Waals surface area contributed by atoms with Crippen LogP contribution in [0.1, 0.15) is 65.2 Å². The maximum Gasteiger partial charge on any atom is 0.0543 e. The van der Waals surface area contributed by atoms with E-state index >= 15 is 0 Å². The van der Waals surface area contributed by atoms with Gasteiger partial charge in [-0.1, -0.05) is 26.0 Å². The lowest BCUT2D eigenvalue weighted by molar-refractivity contribution is -0.116. The summed E-state index contributed by atoms with van der Waals surface area (Å²) in [5.41, 5.74) is 1.05. The summed E-state index contributed by atoms with van der Waals surface area (Å²) in [6.45, 7) is 5.09. The van der Waals surface area contributed by atoms with Crippen molar-refractivity contribution in [3.05, 3.63) is 12.2 Å². The van der Waals surface area contributed by atoms with Gasteiger partial charge < -0.3 is 5.11 Å². The zero-order chi connectivity index (χ0) is 14.0. The van der Waals surface area contributed by atoms with Crippen molar-refractivity contribution in [1.29, 1.82) is 0 Å². The topological polar surface area (TPSA) is 20.2 Å². The minimum Gasteiger partial charge on any atom is -0.393 e. The van der Waals surface area contributed by atoms with Gasteiger partial charge in [-0.15, -0.1) is 0 Å². The summed E-state index contributed by atoms with van der Waals surface area (Å²) in [6.07, 6.45) is 15.4. The first-order chi connectivity index (χ1) is 9.53. The second kappa shape index (κ2) is 4.35. The first-order valence-electron chi connectivity index (χ1n) is 8.89. The number of aliphatic hydroxyl groups excluding tert-OH is 1. The molecular formula is C19H30O. The van der Waals surface area contributed by atoms with Gasteiger partial charge in [0.05, 0.1) is 6.10 Å². The molecule has 1 N–H and O–H groups in total. The van der Waals surface area contributed by atoms with Crippen LogP contribution >= 0.6 is 0 Å². The number of fused-ring (bicyclic) bond motifs is 5. The van der Waals surface area contributed by atoms with E-state index in [2.05, 4.69) is 26.0 Å². The molecule has 0 aliphatic heterocycles. The van der Waals surface area contributed by atoms with E-state index in [0.717, 1.165) is 36.5 Å². The first kappa shape index (κ1) is 13.4. The molecule has 0 aromatic rings. The van der Waals surface area contributed by atoms with Crippen LogP contribution in [0, 0.1) is 34.5 Å². The zero-order valence-electron chi connectivity index (χ0n) is 13.1. The van der Waals surface area contributed by atoms with Gasteiger partial charge in [-0.3, -0.25) is 0 Å². The number of hydrogen-bond donors (Lipinski definition) is 1. The fourth-order valence-corrected chi connectivity index (χ4v) is 6.72. The molecule has 112 valence electrons. The summed E-state index contributed by atoms with van der Waals surface area (Å²) >= 11 is 0. The molecule has 0 unspecified atom stereocenters. The molecule has 1 nitrogen and oxygen atoms in total. The molecule has 20 heavy (non-hydrogen) atoms. The van der Waals surface area contributed by atoms with Crippen molar-refractivity contribution < 1.29 is 5.11 Å². The Morgan fingerprint density at radius 2 is 1.85 bits per heavy atom. The number of hydrogen-bond acceptors (Lipinski definition) is 1. The molecule has 0 amide bonds. The molecule has 7 atom stereocenters. The van der Waals surface area contributed by atoms with E-state index in [1.165, 1.54) is 38.5 Å². The summed E-state index contributed by atoms with van der Waals surface area (Å²) in [5, 5.41) is 10.0. The fourth-order valence-electron chi connectivity index (χ4n) is 6.72. The van der Waals surface area contributed by atoms with Crippen LogP contribution < -0.4 is 0 Å². The maximum atomic E-state index is 10.0. The Kier molecular flexibility index (Phi) is 2.91. The van der Waals surface area contributed by atoms with Crippen molar-refractivity contribution >= 4 is 0 Å². The minimum atomic E-state index is -0.00775. The van der Waals surface area contributed by atoms with E-state index in [9.17, 15) is 5.11 Å². The molecule has 4 aliphatic rings. The molecule has 0 saturated heterocycles. The second-order valence-corrected chi connectivity index (χ2v) is 8.77. The third kappa shape index (κ3) is 1.71. The predicted molar refractivity (Wildman–Crippen MR) is 82.3 cm³/mol. The Hall–Kier alpha value is -0.300. The number of allylic oxidation sites excluding steroid dienone is 2. The third-order valence-corrected chi connectivity index (χ3v) is 7.96. The fraction of sp³-hybridized carbons (Fsp3) is 0.895. The van der Waals surface area contributed by atoms with Crippen LogP contribution in [0.3, 0.4) is 0 Å². The Bertz CT molecular complexity index is 427. The smallest absolute Gasteiger partial charge is 0.0543 e. The van der Waals surface area contributed by atoms with Gasteiger partial charge in [0, 0.05) is 0 Å². The SMILES string of the molecule is C[C@]12CC[C@@H](O)C[C@@H]1CC[C@@H]1[C@H]2CC[C@@]2(C)C=CC[C@@H]12. The van der Waals surface area contributed by atoms with E-state index in [4.69, 9.17) is 0 Å². The summed E-state index contributed by atoms with van der Waals surface area (Å²) in [6, 6.07) is 0. The van der Waals surface area contributed by atoms with Crippen LogP contribution in [-0.4, -0.2) is 11.2 Å². The molecule has 4 aliphatic carbocycles. The molecule has 3 fully saturated rings. The van der Waals surface area contributed by atoms with Gasteiger partial charge in [0.15, 0.2) is 0 Å². The highest BCUT2D eigenvalue weighted by atomic mass is 16.3. The van der Waals surface area contributed by atoms with Crippen molar-refractivity contribution in [3.63, 3.8) is 0 Å². The monoisotopic (exact) mass is 274 g/mol. The van der Waals surface area contributed by atoms with Crippen LogP contribution in [0.5, 0.6) is 0 Å². The Morgan fingerprint density at radius 1 is 1.00 bits per heavy atom. The summed E-state index contributed by atoms with van der Waals surface area (Å²) in [5.74, 6) is 3.61. The molecule has 0 aromatic carbocycles. The lowest BCUT2D eigenvalue weighted by Crippen LogP contribution is -2.53. The predicted octanol–water partition coefficient (Wildman–Crippen LogP) is 4.56. The van der Waals surface area contributed by atoms with E-state index in [1.54, 1.807) is 0 Å². The number of rotatable bonds is 0. The van der Waals surface area contributed by atoms with Crippen LogP contribution in [0.2, 0.25) is 0 Å². The normalized spacial score (nSPS) is 57.9. The summed E-state index contributed by atoms with van der Waals surface area (Å²) in [4.78, 5) is 0. The molecule has 0 radical (unpaired) electrons. The average molecular weight is 274 g/mol. The van der Waals surface area contributed by atoms with Crippen molar-refractivity contribution in [3.8, 4) is 0 Å². The van der Waals surface area contributed by atoms with Gasteiger partial charge in [-0.25, -0.2) is 0 Å². The summed E-state index contributed by atoms with van der Waals surface area (Å²) in [7, 11) is 0. The molecule has 0 bridgehead atoms. The highest BCUT2D eigenvalue weighted by molar-refractivity contribution is 5.16. The molecule has 4 rings (SSSR count). The van der Waals surface area contributed by atoms with Gasteiger partial charge >= 0.3 is 0 Å². The maximum absolute atomic E-state index is 10.0. The lowest BCUT2D eigenvalue weighted by Gasteiger charge is -2.60. The Balaban J connectivity index is 1.63. The van der Waals surface area contributed by atoms with Crippen LogP contribution in [0.25, 0.3) is 0 Å². The van der Waals surface area contributed by atoms with E-state index in [-0.39, 0.29) is 6.10 Å². The van der Waals surface area contributed by atoms with Crippen molar-refractivity contribution in [2.24, 2.45) is 34.5 Å². The van der Waals surface area contributed by atoms with Crippen LogP contribution in [0.4, 0.5) is 0 Å². The van der Waals surface area contributed by atoms with Gasteiger partial charge in [-0.05, 0) is 85.9 Å². The van der Waals surface area contributed by atoms with E-state index in [1.807, 2.05) is 0 Å². The van der Waals surface area contributed by atoms with Crippen LogP contribution in [0.15, 0.2) is 12.2 Å². The largest absolute Gasteiger partial charge is 0.393 e. The first-order valence-corrected chi connectivity index (χ1v) is 8.89. The summed E-state index contributed by atoms with van der Waals surface area (Å²) < 4.78 is 0.